The summed E-state index contributed by atoms with van der Waals surface area (Å²) in [5.74, 6) is 2.64. The van der Waals surface area contributed by atoms with Crippen LogP contribution in [0.4, 0.5) is 0 Å². The molecule has 0 bridgehead atoms. The lowest BCUT2D eigenvalue weighted by Crippen LogP contribution is -2.49. The van der Waals surface area contributed by atoms with E-state index in [1.165, 1.54) is 17.8 Å². The zero-order chi connectivity index (χ0) is 19.7. The molecule has 2 aliphatic rings. The van der Waals surface area contributed by atoms with Crippen LogP contribution in [0.3, 0.4) is 0 Å². The summed E-state index contributed by atoms with van der Waals surface area (Å²) in [4.78, 5) is 8.71. The maximum absolute atomic E-state index is 5.53. The Morgan fingerprint density at radius 3 is 2.80 bits per heavy atom. The summed E-state index contributed by atoms with van der Waals surface area (Å²) >= 11 is 1.75. The maximum atomic E-state index is 5.53. The lowest BCUT2D eigenvalue weighted by atomic mass is 10.0. The third kappa shape index (κ3) is 7.55. The topological polar surface area (TPSA) is 62.0 Å². The predicted molar refractivity (Wildman–Crippen MR) is 133 cm³/mol. The zero-order valence-electron chi connectivity index (χ0n) is 17.4. The molecule has 0 aliphatic carbocycles. The summed E-state index contributed by atoms with van der Waals surface area (Å²) in [6.07, 6.45) is 6.12. The van der Waals surface area contributed by atoms with Gasteiger partial charge in [0.05, 0.1) is 19.4 Å². The molecule has 2 saturated heterocycles. The summed E-state index contributed by atoms with van der Waals surface area (Å²) in [5, 5.41) is 9.27. The molecule has 0 amide bonds. The third-order valence-electron chi connectivity index (χ3n) is 5.69. The zero-order valence-corrected chi connectivity index (χ0v) is 20.6. The van der Waals surface area contributed by atoms with Crippen LogP contribution in [0.2, 0.25) is 0 Å². The van der Waals surface area contributed by atoms with Crippen LogP contribution >= 0.6 is 35.3 Å². The Bertz CT molecular complexity index is 724. The van der Waals surface area contributed by atoms with E-state index in [2.05, 4.69) is 33.0 Å². The number of hydrogen-bond donors (Lipinski definition) is 2. The molecule has 4 rings (SSSR count). The Kier molecular flexibility index (Phi) is 9.96. The van der Waals surface area contributed by atoms with Crippen molar-refractivity contribution >= 4 is 41.3 Å². The van der Waals surface area contributed by atoms with E-state index in [1.54, 1.807) is 17.6 Å². The molecule has 2 aromatic heterocycles. The molecule has 0 saturated carbocycles. The van der Waals surface area contributed by atoms with Gasteiger partial charge in [-0.25, -0.2) is 4.99 Å². The number of hydrogen-bond acceptors (Lipinski definition) is 5. The number of furan rings is 1. The Morgan fingerprint density at radius 1 is 1.20 bits per heavy atom. The van der Waals surface area contributed by atoms with Crippen molar-refractivity contribution < 1.29 is 9.15 Å². The fraction of sp³-hybridized carbons (Fsp3) is 0.591. The number of likely N-dealkylation sites (tertiary alicyclic amines) is 1. The molecular weight excluding hydrogens is 511 g/mol. The van der Waals surface area contributed by atoms with E-state index >= 15 is 0 Å². The van der Waals surface area contributed by atoms with E-state index in [-0.39, 0.29) is 24.0 Å². The van der Waals surface area contributed by atoms with Gasteiger partial charge >= 0.3 is 0 Å². The maximum Gasteiger partial charge on any atom is 0.191 e. The van der Waals surface area contributed by atoms with Crippen molar-refractivity contribution in [3.05, 3.63) is 46.5 Å². The largest absolute Gasteiger partial charge is 0.469 e. The number of ether oxygens (including phenoxy) is 1. The molecule has 2 fully saturated rings. The van der Waals surface area contributed by atoms with Crippen LogP contribution < -0.4 is 10.6 Å². The SMILES string of the molecule is I.c1coc(CCNC(=NCc2cccs2)NC2CCN(CC3CCOC3)CC2)c1. The van der Waals surface area contributed by atoms with Crippen LogP contribution in [0.5, 0.6) is 0 Å². The molecule has 8 heteroatoms. The summed E-state index contributed by atoms with van der Waals surface area (Å²) < 4.78 is 11.0. The number of piperidine rings is 1. The minimum Gasteiger partial charge on any atom is -0.469 e. The van der Waals surface area contributed by atoms with Gasteiger partial charge in [0.25, 0.3) is 0 Å². The van der Waals surface area contributed by atoms with E-state index in [1.807, 2.05) is 12.1 Å². The third-order valence-corrected chi connectivity index (χ3v) is 6.55. The van der Waals surface area contributed by atoms with E-state index in [4.69, 9.17) is 14.1 Å². The van der Waals surface area contributed by atoms with Crippen molar-refractivity contribution in [1.29, 1.82) is 0 Å². The number of nitrogens with one attached hydrogen (secondary N) is 2. The van der Waals surface area contributed by atoms with Gasteiger partial charge in [-0.15, -0.1) is 35.3 Å². The van der Waals surface area contributed by atoms with Gasteiger partial charge in [0.15, 0.2) is 5.96 Å². The van der Waals surface area contributed by atoms with E-state index in [0.717, 1.165) is 69.7 Å². The molecule has 4 heterocycles. The highest BCUT2D eigenvalue weighted by Gasteiger charge is 2.24. The lowest BCUT2D eigenvalue weighted by Gasteiger charge is -2.34. The number of nitrogens with zero attached hydrogens (tertiary/aromatic N) is 2. The van der Waals surface area contributed by atoms with E-state index < -0.39 is 0 Å². The van der Waals surface area contributed by atoms with Gasteiger partial charge in [-0.2, -0.15) is 0 Å². The first kappa shape index (κ1) is 23.6. The van der Waals surface area contributed by atoms with Crippen molar-refractivity contribution in [1.82, 2.24) is 15.5 Å². The molecule has 0 spiro atoms. The number of aliphatic imine (C=N–C) groups is 1. The number of halogens is 1. The molecule has 2 N–H and O–H groups in total. The van der Waals surface area contributed by atoms with Crippen molar-refractivity contribution in [3.63, 3.8) is 0 Å². The van der Waals surface area contributed by atoms with Crippen LogP contribution in [0, 0.1) is 5.92 Å². The normalized spacial score (nSPS) is 20.8. The lowest BCUT2D eigenvalue weighted by molar-refractivity contribution is 0.150. The molecule has 6 nitrogen and oxygen atoms in total. The average molecular weight is 545 g/mol. The van der Waals surface area contributed by atoms with Gasteiger partial charge < -0.3 is 24.7 Å². The molecule has 1 atom stereocenters. The van der Waals surface area contributed by atoms with Crippen molar-refractivity contribution in [2.45, 2.75) is 38.3 Å². The van der Waals surface area contributed by atoms with Gasteiger partial charge in [0, 0.05) is 50.1 Å². The summed E-state index contributed by atoms with van der Waals surface area (Å²) in [7, 11) is 0. The predicted octanol–water partition coefficient (Wildman–Crippen LogP) is 3.74. The first-order valence-corrected chi connectivity index (χ1v) is 11.6. The monoisotopic (exact) mass is 544 g/mol. The van der Waals surface area contributed by atoms with Gasteiger partial charge in [0.1, 0.15) is 5.76 Å². The first-order valence-electron chi connectivity index (χ1n) is 10.7. The van der Waals surface area contributed by atoms with Crippen LogP contribution in [-0.2, 0) is 17.7 Å². The van der Waals surface area contributed by atoms with Crippen molar-refractivity contribution in [2.75, 3.05) is 39.4 Å². The number of rotatable bonds is 8. The molecule has 2 aromatic rings. The van der Waals surface area contributed by atoms with Crippen LogP contribution in [-0.4, -0.2) is 56.3 Å². The summed E-state index contributed by atoms with van der Waals surface area (Å²) in [6.45, 7) is 6.90. The smallest absolute Gasteiger partial charge is 0.191 e. The quantitative estimate of drug-likeness (QED) is 0.301. The molecule has 30 heavy (non-hydrogen) atoms. The Balaban J connectivity index is 0.00000256. The Morgan fingerprint density at radius 2 is 2.10 bits per heavy atom. The molecule has 0 radical (unpaired) electrons. The summed E-state index contributed by atoms with van der Waals surface area (Å²) in [5.41, 5.74) is 0. The van der Waals surface area contributed by atoms with E-state index in [9.17, 15) is 0 Å². The van der Waals surface area contributed by atoms with Crippen molar-refractivity contribution in [3.8, 4) is 0 Å². The Hall–Kier alpha value is -1.10. The minimum atomic E-state index is 0. The second-order valence-electron chi connectivity index (χ2n) is 7.95. The molecule has 0 aromatic carbocycles. The van der Waals surface area contributed by atoms with Gasteiger partial charge in [0.2, 0.25) is 0 Å². The molecule has 2 aliphatic heterocycles. The highest BCUT2D eigenvalue weighted by molar-refractivity contribution is 14.0. The first-order chi connectivity index (χ1) is 14.3. The highest BCUT2D eigenvalue weighted by atomic mass is 127. The molecular formula is C22H33IN4O2S. The van der Waals surface area contributed by atoms with Gasteiger partial charge in [-0.05, 0) is 48.8 Å². The number of guanidine groups is 1. The van der Waals surface area contributed by atoms with E-state index in [0.29, 0.717) is 12.6 Å². The van der Waals surface area contributed by atoms with Crippen LogP contribution in [0.15, 0.2) is 45.3 Å². The molecule has 1 unspecified atom stereocenters. The van der Waals surface area contributed by atoms with Crippen LogP contribution in [0.1, 0.15) is 29.9 Å². The highest BCUT2D eigenvalue weighted by Crippen LogP contribution is 2.18. The molecule has 166 valence electrons. The number of thiophene rings is 1. The fourth-order valence-electron chi connectivity index (χ4n) is 4.02. The average Bonchev–Trinajstić information content (AvgIpc) is 3.51. The van der Waals surface area contributed by atoms with Crippen molar-refractivity contribution in [2.24, 2.45) is 10.9 Å². The minimum absolute atomic E-state index is 0. The Labute approximate surface area is 200 Å². The standard InChI is InChI=1S/C22H32N4O2S.HI/c1-3-20(28-12-1)5-9-23-22(24-15-21-4-2-14-29-21)25-19-6-10-26(11-7-19)16-18-8-13-27-17-18;/h1-4,12,14,18-19H,5-11,13,15-17H2,(H2,23,24,25);1H. The van der Waals surface area contributed by atoms with Gasteiger partial charge in [-0.1, -0.05) is 6.07 Å². The fourth-order valence-corrected chi connectivity index (χ4v) is 4.64. The van der Waals surface area contributed by atoms with Crippen LogP contribution in [0.25, 0.3) is 0 Å². The van der Waals surface area contributed by atoms with Gasteiger partial charge in [-0.3, -0.25) is 0 Å². The second kappa shape index (κ2) is 12.7. The summed E-state index contributed by atoms with van der Waals surface area (Å²) in [6, 6.07) is 8.65. The second-order valence-corrected chi connectivity index (χ2v) is 8.98.